The minimum Gasteiger partial charge on any atom is -0.371 e. The van der Waals surface area contributed by atoms with Crippen LogP contribution in [0, 0.1) is 0 Å². The minimum atomic E-state index is 0.167. The molecule has 0 bridgehead atoms. The van der Waals surface area contributed by atoms with E-state index in [9.17, 15) is 0 Å². The third-order valence-corrected chi connectivity index (χ3v) is 3.10. The molecule has 1 heterocycles. The Morgan fingerprint density at radius 1 is 1.25 bits per heavy atom. The lowest BCUT2D eigenvalue weighted by Crippen LogP contribution is -2.35. The zero-order valence-electron chi connectivity index (χ0n) is 7.94. The van der Waals surface area contributed by atoms with E-state index in [0.29, 0.717) is 0 Å². The van der Waals surface area contributed by atoms with E-state index in [4.69, 9.17) is 4.74 Å². The summed E-state index contributed by atoms with van der Waals surface area (Å²) in [4.78, 5) is 0. The Morgan fingerprint density at radius 3 is 2.67 bits per heavy atom. The van der Waals surface area contributed by atoms with Crippen LogP contribution in [0.2, 0.25) is 0 Å². The van der Waals surface area contributed by atoms with Gasteiger partial charge in [-0.25, -0.2) is 0 Å². The second-order valence-electron chi connectivity index (χ2n) is 4.21. The highest BCUT2D eigenvalue weighted by atomic mass is 16.5. The van der Waals surface area contributed by atoms with Gasteiger partial charge in [0, 0.05) is 0 Å². The maximum atomic E-state index is 5.90. The molecule has 0 aromatic heterocycles. The predicted octanol–water partition coefficient (Wildman–Crippen LogP) is 3.06. The molecule has 0 aromatic carbocycles. The number of rotatable bonds is 0. The van der Waals surface area contributed by atoms with Gasteiger partial charge in [0.05, 0.1) is 12.2 Å². The van der Waals surface area contributed by atoms with Gasteiger partial charge in [0.15, 0.2) is 0 Å². The van der Waals surface area contributed by atoms with Crippen LogP contribution in [-0.2, 0) is 4.74 Å². The van der Waals surface area contributed by atoms with Gasteiger partial charge in [0.25, 0.3) is 0 Å². The molecule has 2 rings (SSSR count). The Kier molecular flexibility index (Phi) is 2.22. The maximum Gasteiger partial charge on any atom is 0.0865 e. The zero-order chi connectivity index (χ0) is 8.44. The van der Waals surface area contributed by atoms with Gasteiger partial charge in [-0.2, -0.15) is 0 Å². The van der Waals surface area contributed by atoms with Crippen LogP contribution < -0.4 is 0 Å². The first kappa shape index (κ1) is 8.31. The molecule has 0 unspecified atom stereocenters. The molecule has 1 saturated carbocycles. The first-order valence-electron chi connectivity index (χ1n) is 5.13. The van der Waals surface area contributed by atoms with Crippen LogP contribution in [0.15, 0.2) is 11.6 Å². The van der Waals surface area contributed by atoms with Gasteiger partial charge in [0.2, 0.25) is 0 Å². The lowest BCUT2D eigenvalue weighted by molar-refractivity contribution is -0.0408. The highest BCUT2D eigenvalue weighted by Crippen LogP contribution is 2.36. The van der Waals surface area contributed by atoms with Crippen LogP contribution in [0.25, 0.3) is 0 Å². The molecule has 12 heavy (non-hydrogen) atoms. The molecule has 1 spiro atoms. The largest absolute Gasteiger partial charge is 0.371 e. The van der Waals surface area contributed by atoms with Crippen molar-refractivity contribution in [1.82, 2.24) is 0 Å². The average Bonchev–Trinajstić information content (AvgIpc) is 2.05. The Hall–Kier alpha value is -0.300. The predicted molar refractivity (Wildman–Crippen MR) is 50.1 cm³/mol. The van der Waals surface area contributed by atoms with Crippen LogP contribution in [0.4, 0.5) is 0 Å². The molecule has 2 aliphatic rings. The summed E-state index contributed by atoms with van der Waals surface area (Å²) >= 11 is 0. The molecule has 0 aromatic rings. The van der Waals surface area contributed by atoms with Gasteiger partial charge < -0.3 is 4.74 Å². The smallest absolute Gasteiger partial charge is 0.0865 e. The van der Waals surface area contributed by atoms with Crippen molar-refractivity contribution in [3.05, 3.63) is 11.6 Å². The maximum absolute atomic E-state index is 5.90. The summed E-state index contributed by atoms with van der Waals surface area (Å²) in [5.41, 5.74) is 1.70. The van der Waals surface area contributed by atoms with Crippen LogP contribution in [0.5, 0.6) is 0 Å². The summed E-state index contributed by atoms with van der Waals surface area (Å²) in [7, 11) is 0. The molecule has 1 heteroatoms. The molecule has 0 N–H and O–H groups in total. The summed E-state index contributed by atoms with van der Waals surface area (Å²) in [6.07, 6.45) is 10.1. The van der Waals surface area contributed by atoms with Crippen molar-refractivity contribution in [2.24, 2.45) is 0 Å². The van der Waals surface area contributed by atoms with Gasteiger partial charge >= 0.3 is 0 Å². The fraction of sp³-hybridized carbons (Fsp3) is 0.818. The van der Waals surface area contributed by atoms with E-state index in [1.54, 1.807) is 0 Å². The monoisotopic (exact) mass is 166 g/mol. The van der Waals surface area contributed by atoms with Gasteiger partial charge in [-0.15, -0.1) is 0 Å². The fourth-order valence-corrected chi connectivity index (χ4v) is 2.42. The Morgan fingerprint density at radius 2 is 2.00 bits per heavy atom. The third kappa shape index (κ3) is 1.56. The first-order valence-corrected chi connectivity index (χ1v) is 5.13. The van der Waals surface area contributed by atoms with E-state index in [1.165, 1.54) is 37.7 Å². The molecule has 0 saturated heterocycles. The minimum absolute atomic E-state index is 0.167. The average molecular weight is 166 g/mol. The van der Waals surface area contributed by atoms with Crippen molar-refractivity contribution < 1.29 is 4.74 Å². The first-order chi connectivity index (χ1) is 5.81. The summed E-state index contributed by atoms with van der Waals surface area (Å²) < 4.78 is 5.90. The van der Waals surface area contributed by atoms with Gasteiger partial charge in [0.1, 0.15) is 0 Å². The fourth-order valence-electron chi connectivity index (χ4n) is 2.42. The van der Waals surface area contributed by atoms with E-state index in [-0.39, 0.29) is 5.60 Å². The van der Waals surface area contributed by atoms with Crippen LogP contribution in [-0.4, -0.2) is 12.2 Å². The van der Waals surface area contributed by atoms with Crippen molar-refractivity contribution in [3.63, 3.8) is 0 Å². The standard InChI is InChI=1S/C11H18O/c1-10-5-8-12-11(9-10)6-3-2-4-7-11/h9H,2-8H2,1H3. The van der Waals surface area contributed by atoms with Crippen molar-refractivity contribution in [1.29, 1.82) is 0 Å². The molecule has 1 nitrogen and oxygen atoms in total. The molecular formula is C11H18O. The molecule has 0 radical (unpaired) electrons. The second kappa shape index (κ2) is 3.21. The van der Waals surface area contributed by atoms with Crippen LogP contribution >= 0.6 is 0 Å². The van der Waals surface area contributed by atoms with Gasteiger partial charge in [-0.1, -0.05) is 30.9 Å². The van der Waals surface area contributed by atoms with E-state index in [1.807, 2.05) is 0 Å². The lowest BCUT2D eigenvalue weighted by atomic mass is 9.82. The Labute approximate surface area is 74.8 Å². The molecule has 68 valence electrons. The Balaban J connectivity index is 2.12. The summed E-state index contributed by atoms with van der Waals surface area (Å²) in [6, 6.07) is 0. The molecule has 1 aliphatic heterocycles. The van der Waals surface area contributed by atoms with E-state index in [2.05, 4.69) is 13.0 Å². The quantitative estimate of drug-likeness (QED) is 0.502. The lowest BCUT2D eigenvalue weighted by Gasteiger charge is -2.38. The van der Waals surface area contributed by atoms with Crippen molar-refractivity contribution in [3.8, 4) is 0 Å². The number of hydrogen-bond donors (Lipinski definition) is 0. The van der Waals surface area contributed by atoms with Gasteiger partial charge in [-0.3, -0.25) is 0 Å². The third-order valence-electron chi connectivity index (χ3n) is 3.10. The number of ether oxygens (including phenoxy) is 1. The van der Waals surface area contributed by atoms with Crippen molar-refractivity contribution in [2.45, 2.75) is 51.0 Å². The molecule has 1 fully saturated rings. The number of hydrogen-bond acceptors (Lipinski definition) is 1. The van der Waals surface area contributed by atoms with Crippen LogP contribution in [0.3, 0.4) is 0 Å². The van der Waals surface area contributed by atoms with E-state index >= 15 is 0 Å². The summed E-state index contributed by atoms with van der Waals surface area (Å²) in [6.45, 7) is 3.18. The Bertz CT molecular complexity index is 187. The summed E-state index contributed by atoms with van der Waals surface area (Å²) in [5, 5.41) is 0. The highest BCUT2D eigenvalue weighted by molar-refractivity contribution is 5.13. The van der Waals surface area contributed by atoms with E-state index < -0.39 is 0 Å². The van der Waals surface area contributed by atoms with Crippen molar-refractivity contribution in [2.75, 3.05) is 6.61 Å². The molecule has 0 amide bonds. The SMILES string of the molecule is CC1=CC2(CCCCC2)OCC1. The molecule has 0 atom stereocenters. The zero-order valence-corrected chi connectivity index (χ0v) is 7.94. The molecular weight excluding hydrogens is 148 g/mol. The summed E-state index contributed by atoms with van der Waals surface area (Å²) in [5.74, 6) is 0. The van der Waals surface area contributed by atoms with Gasteiger partial charge in [-0.05, 0) is 26.2 Å². The highest BCUT2D eigenvalue weighted by Gasteiger charge is 2.32. The normalized spacial score (nSPS) is 28.6. The second-order valence-corrected chi connectivity index (χ2v) is 4.21. The molecule has 1 aliphatic carbocycles. The van der Waals surface area contributed by atoms with E-state index in [0.717, 1.165) is 13.0 Å². The topological polar surface area (TPSA) is 9.23 Å². The van der Waals surface area contributed by atoms with Crippen molar-refractivity contribution >= 4 is 0 Å². The van der Waals surface area contributed by atoms with Crippen LogP contribution in [0.1, 0.15) is 45.4 Å².